The highest BCUT2D eigenvalue weighted by atomic mass is 32.2. The lowest BCUT2D eigenvalue weighted by Crippen LogP contribution is -2.54. The van der Waals surface area contributed by atoms with Crippen LogP contribution in [0, 0.1) is 11.6 Å². The van der Waals surface area contributed by atoms with Crippen molar-refractivity contribution >= 4 is 32.8 Å². The van der Waals surface area contributed by atoms with Crippen LogP contribution in [0.4, 0.5) is 14.6 Å². The Bertz CT molecular complexity index is 1850. The summed E-state index contributed by atoms with van der Waals surface area (Å²) in [6.45, 7) is 6.12. The molecule has 40 heavy (non-hydrogen) atoms. The SMILES string of the molecule is C=CC(=O)N1CCN(c2nc(=O)n(-c3cnccc3S(N)(=O)=O)c3nc(-c4ccccc4F)c(F)cc23)[C@@H](C)C1. The predicted molar refractivity (Wildman–Crippen MR) is 143 cm³/mol. The molecule has 3 aromatic heterocycles. The number of anilines is 1. The molecule has 4 aromatic rings. The third kappa shape index (κ3) is 4.71. The summed E-state index contributed by atoms with van der Waals surface area (Å²) in [6, 6.07) is 7.23. The van der Waals surface area contributed by atoms with Crippen molar-refractivity contribution in [3.8, 4) is 16.9 Å². The number of nitrogens with two attached hydrogens (primary N) is 1. The first-order chi connectivity index (χ1) is 19.0. The van der Waals surface area contributed by atoms with Gasteiger partial charge in [-0.15, -0.1) is 0 Å². The summed E-state index contributed by atoms with van der Waals surface area (Å²) >= 11 is 0. The standard InChI is InChI=1S/C26H23F2N7O4S/c1-3-22(36)33-10-11-34(15(2)14-33)24-17-12-19(28)23(16-6-4-5-7-18(16)27)31-25(17)35(26(37)32-24)20-13-30-9-8-21(20)40(29,38)39/h3-9,12-13,15H,1,10-11,14H2,2H3,(H2,29,38,39)/t15-/m0/s1. The number of pyridine rings is 2. The Hall–Kier alpha value is -4.56. The maximum atomic E-state index is 15.6. The topological polar surface area (TPSA) is 144 Å². The first kappa shape index (κ1) is 27.0. The Balaban J connectivity index is 1.81. The molecule has 0 unspecified atom stereocenters. The summed E-state index contributed by atoms with van der Waals surface area (Å²) in [5.74, 6) is -1.83. The van der Waals surface area contributed by atoms with E-state index in [-0.39, 0.29) is 59.7 Å². The van der Waals surface area contributed by atoms with E-state index >= 15 is 4.39 Å². The number of sulfonamides is 1. The Labute approximate surface area is 227 Å². The smallest absolute Gasteiger partial charge is 0.350 e. The molecule has 206 valence electrons. The van der Waals surface area contributed by atoms with Crippen LogP contribution in [0.3, 0.4) is 0 Å². The molecular formula is C26H23F2N7O4S. The number of piperazine rings is 1. The Morgan fingerprint density at radius 1 is 1.15 bits per heavy atom. The number of primary sulfonamides is 1. The van der Waals surface area contributed by atoms with Crippen molar-refractivity contribution in [3.05, 3.63) is 83.6 Å². The average molecular weight is 568 g/mol. The second kappa shape index (κ2) is 10.2. The minimum Gasteiger partial charge on any atom is -0.350 e. The van der Waals surface area contributed by atoms with Crippen molar-refractivity contribution in [2.24, 2.45) is 5.14 Å². The molecule has 1 fully saturated rings. The summed E-state index contributed by atoms with van der Waals surface area (Å²) in [7, 11) is -4.35. The van der Waals surface area contributed by atoms with Crippen LogP contribution in [-0.2, 0) is 14.8 Å². The third-order valence-electron chi connectivity index (χ3n) is 6.62. The first-order valence-electron chi connectivity index (χ1n) is 12.0. The molecule has 0 bridgehead atoms. The van der Waals surface area contributed by atoms with E-state index in [4.69, 9.17) is 5.14 Å². The fourth-order valence-electron chi connectivity index (χ4n) is 4.77. The quantitative estimate of drug-likeness (QED) is 0.361. The molecule has 1 saturated heterocycles. The zero-order valence-electron chi connectivity index (χ0n) is 21.2. The number of amides is 1. The van der Waals surface area contributed by atoms with Crippen molar-refractivity contribution in [2.75, 3.05) is 24.5 Å². The van der Waals surface area contributed by atoms with Crippen molar-refractivity contribution in [1.29, 1.82) is 0 Å². The number of aromatic nitrogens is 4. The van der Waals surface area contributed by atoms with Crippen LogP contribution in [0.1, 0.15) is 6.92 Å². The van der Waals surface area contributed by atoms with Crippen LogP contribution >= 0.6 is 0 Å². The van der Waals surface area contributed by atoms with Crippen LogP contribution in [0.15, 0.2) is 71.1 Å². The number of carbonyl (C=O) groups is 1. The normalized spacial score (nSPS) is 15.8. The molecular weight excluding hydrogens is 544 g/mol. The van der Waals surface area contributed by atoms with E-state index in [0.717, 1.165) is 29.0 Å². The lowest BCUT2D eigenvalue weighted by atomic mass is 10.1. The fraction of sp³-hybridized carbons (Fsp3) is 0.192. The summed E-state index contributed by atoms with van der Waals surface area (Å²) in [6.07, 6.45) is 3.48. The molecule has 1 amide bonds. The fourth-order valence-corrected chi connectivity index (χ4v) is 5.45. The lowest BCUT2D eigenvalue weighted by Gasteiger charge is -2.40. The van der Waals surface area contributed by atoms with Gasteiger partial charge in [0.05, 0.1) is 17.3 Å². The van der Waals surface area contributed by atoms with Gasteiger partial charge in [0, 0.05) is 37.4 Å². The molecule has 1 aliphatic heterocycles. The number of carbonyl (C=O) groups excluding carboxylic acids is 1. The molecule has 5 rings (SSSR count). The monoisotopic (exact) mass is 567 g/mol. The predicted octanol–water partition coefficient (Wildman–Crippen LogP) is 1.99. The van der Waals surface area contributed by atoms with Gasteiger partial charge >= 0.3 is 5.69 Å². The molecule has 1 atom stereocenters. The summed E-state index contributed by atoms with van der Waals surface area (Å²) in [5, 5.41) is 5.45. The van der Waals surface area contributed by atoms with Crippen LogP contribution in [0.5, 0.6) is 0 Å². The van der Waals surface area contributed by atoms with Gasteiger partial charge in [-0.3, -0.25) is 9.78 Å². The molecule has 14 heteroatoms. The molecule has 11 nitrogen and oxygen atoms in total. The highest BCUT2D eigenvalue weighted by Gasteiger charge is 2.30. The molecule has 0 radical (unpaired) electrons. The number of rotatable bonds is 5. The maximum absolute atomic E-state index is 15.6. The molecule has 1 aliphatic rings. The zero-order chi connectivity index (χ0) is 28.8. The number of hydrogen-bond acceptors (Lipinski definition) is 8. The highest BCUT2D eigenvalue weighted by molar-refractivity contribution is 7.89. The number of hydrogen-bond donors (Lipinski definition) is 1. The summed E-state index contributed by atoms with van der Waals surface area (Å²) < 4.78 is 55.9. The van der Waals surface area contributed by atoms with E-state index in [2.05, 4.69) is 21.5 Å². The third-order valence-corrected chi connectivity index (χ3v) is 7.58. The second-order valence-electron chi connectivity index (χ2n) is 9.14. The first-order valence-corrected chi connectivity index (χ1v) is 13.6. The van der Waals surface area contributed by atoms with E-state index in [1.165, 1.54) is 30.5 Å². The number of halogens is 2. The number of benzene rings is 1. The van der Waals surface area contributed by atoms with Crippen LogP contribution in [-0.4, -0.2) is 64.4 Å². The zero-order valence-corrected chi connectivity index (χ0v) is 22.0. The van der Waals surface area contributed by atoms with Crippen molar-refractivity contribution in [3.63, 3.8) is 0 Å². The van der Waals surface area contributed by atoms with Crippen LogP contribution in [0.25, 0.3) is 28.0 Å². The largest absolute Gasteiger partial charge is 0.355 e. The summed E-state index contributed by atoms with van der Waals surface area (Å²) in [4.78, 5) is 41.1. The van der Waals surface area contributed by atoms with Gasteiger partial charge in [-0.25, -0.2) is 36.7 Å². The van der Waals surface area contributed by atoms with Crippen LogP contribution in [0.2, 0.25) is 0 Å². The van der Waals surface area contributed by atoms with E-state index in [0.29, 0.717) is 0 Å². The van der Waals surface area contributed by atoms with Gasteiger partial charge in [-0.05, 0) is 37.3 Å². The minimum absolute atomic E-state index is 0.0526. The van der Waals surface area contributed by atoms with Crippen molar-refractivity contribution in [1.82, 2.24) is 24.4 Å². The van der Waals surface area contributed by atoms with E-state index in [1.807, 2.05) is 0 Å². The minimum atomic E-state index is -4.35. The highest BCUT2D eigenvalue weighted by Crippen LogP contribution is 2.32. The van der Waals surface area contributed by atoms with E-state index in [1.54, 1.807) is 16.7 Å². The van der Waals surface area contributed by atoms with E-state index < -0.39 is 37.9 Å². The van der Waals surface area contributed by atoms with Gasteiger partial charge < -0.3 is 9.80 Å². The molecule has 1 aromatic carbocycles. The molecule has 2 N–H and O–H groups in total. The summed E-state index contributed by atoms with van der Waals surface area (Å²) in [5.41, 5.74) is -1.96. The van der Waals surface area contributed by atoms with Gasteiger partial charge in [0.2, 0.25) is 15.9 Å². The number of nitrogens with zero attached hydrogens (tertiary/aromatic N) is 6. The Morgan fingerprint density at radius 3 is 2.58 bits per heavy atom. The Morgan fingerprint density at radius 2 is 1.90 bits per heavy atom. The molecule has 4 heterocycles. The van der Waals surface area contributed by atoms with Gasteiger partial charge in [0.1, 0.15) is 28.0 Å². The van der Waals surface area contributed by atoms with Gasteiger partial charge in [0.25, 0.3) is 0 Å². The lowest BCUT2D eigenvalue weighted by molar-refractivity contribution is -0.126. The maximum Gasteiger partial charge on any atom is 0.355 e. The van der Waals surface area contributed by atoms with Crippen molar-refractivity contribution in [2.45, 2.75) is 17.9 Å². The van der Waals surface area contributed by atoms with Crippen LogP contribution < -0.4 is 15.7 Å². The molecule has 0 saturated carbocycles. The second-order valence-corrected chi connectivity index (χ2v) is 10.7. The Kier molecular flexibility index (Phi) is 6.89. The van der Waals surface area contributed by atoms with E-state index in [9.17, 15) is 22.4 Å². The molecule has 0 spiro atoms. The van der Waals surface area contributed by atoms with Gasteiger partial charge in [-0.2, -0.15) is 4.98 Å². The average Bonchev–Trinajstić information content (AvgIpc) is 2.92. The van der Waals surface area contributed by atoms with Crippen molar-refractivity contribution < 1.29 is 22.0 Å². The van der Waals surface area contributed by atoms with Gasteiger partial charge in [0.15, 0.2) is 5.65 Å². The van der Waals surface area contributed by atoms with Gasteiger partial charge in [-0.1, -0.05) is 18.7 Å². The molecule has 0 aliphatic carbocycles. The number of fused-ring (bicyclic) bond motifs is 1.